The van der Waals surface area contributed by atoms with E-state index < -0.39 is 5.54 Å². The van der Waals surface area contributed by atoms with Crippen molar-refractivity contribution < 1.29 is 14.0 Å². The Morgan fingerprint density at radius 1 is 1.26 bits per heavy atom. The van der Waals surface area contributed by atoms with E-state index >= 15 is 0 Å². The Morgan fingerprint density at radius 3 is 2.65 bits per heavy atom. The van der Waals surface area contributed by atoms with E-state index in [4.69, 9.17) is 4.42 Å². The lowest BCUT2D eigenvalue weighted by Crippen LogP contribution is -2.65. The van der Waals surface area contributed by atoms with E-state index in [1.54, 1.807) is 11.2 Å². The Labute approximate surface area is 184 Å². The Balaban J connectivity index is 1.63. The standard InChI is InChI=1S/C24H36N4O3/c1-5-26(6-2)12-13-28-22(29)20-15-21-19(11-14-31-21)27(20)16-24(28,4)23(30)25-18-9-7-17(3)8-10-18/h11,14-15,17-18H,5-10,12-13,16H2,1-4H3,(H,25,30). The third-order valence-electron chi connectivity index (χ3n) is 7.42. The van der Waals surface area contributed by atoms with E-state index in [1.165, 1.54) is 0 Å². The Kier molecular flexibility index (Phi) is 6.15. The monoisotopic (exact) mass is 428 g/mol. The summed E-state index contributed by atoms with van der Waals surface area (Å²) >= 11 is 0. The molecule has 2 amide bonds. The minimum Gasteiger partial charge on any atom is -0.463 e. The molecule has 7 heteroatoms. The summed E-state index contributed by atoms with van der Waals surface area (Å²) in [6.45, 7) is 12.0. The largest absolute Gasteiger partial charge is 0.463 e. The van der Waals surface area contributed by atoms with Gasteiger partial charge in [0.1, 0.15) is 11.2 Å². The SMILES string of the molecule is CCN(CC)CCN1C(=O)c2cc3occc3n2CC1(C)C(=O)NC1CCC(C)CC1. The second-order valence-corrected chi connectivity index (χ2v) is 9.47. The summed E-state index contributed by atoms with van der Waals surface area (Å²) in [6.07, 6.45) is 5.94. The van der Waals surface area contributed by atoms with Gasteiger partial charge < -0.3 is 24.1 Å². The molecule has 7 nitrogen and oxygen atoms in total. The molecule has 31 heavy (non-hydrogen) atoms. The normalized spacial score (nSPS) is 26.5. The van der Waals surface area contributed by atoms with Crippen LogP contribution in [0.3, 0.4) is 0 Å². The van der Waals surface area contributed by atoms with Gasteiger partial charge in [-0.05, 0) is 51.6 Å². The van der Waals surface area contributed by atoms with Gasteiger partial charge in [0.2, 0.25) is 5.91 Å². The van der Waals surface area contributed by atoms with Crippen LogP contribution in [0, 0.1) is 5.92 Å². The lowest BCUT2D eigenvalue weighted by atomic mass is 9.86. The number of rotatable bonds is 7. The fourth-order valence-electron chi connectivity index (χ4n) is 5.15. The third kappa shape index (κ3) is 4.00. The van der Waals surface area contributed by atoms with Crippen molar-refractivity contribution in [2.75, 3.05) is 26.2 Å². The van der Waals surface area contributed by atoms with Crippen LogP contribution in [-0.4, -0.2) is 63.9 Å². The summed E-state index contributed by atoms with van der Waals surface area (Å²) < 4.78 is 7.50. The fourth-order valence-corrected chi connectivity index (χ4v) is 5.15. The van der Waals surface area contributed by atoms with Crippen LogP contribution in [0.15, 0.2) is 22.8 Å². The zero-order chi connectivity index (χ0) is 22.2. The summed E-state index contributed by atoms with van der Waals surface area (Å²) in [5.41, 5.74) is 1.23. The van der Waals surface area contributed by atoms with Gasteiger partial charge in [-0.2, -0.15) is 0 Å². The van der Waals surface area contributed by atoms with Crippen molar-refractivity contribution in [3.8, 4) is 0 Å². The number of amides is 2. The predicted molar refractivity (Wildman–Crippen MR) is 121 cm³/mol. The molecule has 170 valence electrons. The molecule has 1 N–H and O–H groups in total. The van der Waals surface area contributed by atoms with Crippen LogP contribution >= 0.6 is 0 Å². The van der Waals surface area contributed by atoms with E-state index in [2.05, 4.69) is 31.0 Å². The van der Waals surface area contributed by atoms with Gasteiger partial charge in [0.25, 0.3) is 5.91 Å². The van der Waals surface area contributed by atoms with Crippen molar-refractivity contribution in [2.24, 2.45) is 5.92 Å². The second kappa shape index (κ2) is 8.69. The highest BCUT2D eigenvalue weighted by Crippen LogP contribution is 2.33. The molecule has 4 rings (SSSR count). The topological polar surface area (TPSA) is 70.7 Å². The molecule has 1 aliphatic heterocycles. The molecule has 1 aliphatic carbocycles. The number of aromatic nitrogens is 1. The first-order valence-electron chi connectivity index (χ1n) is 11.8. The van der Waals surface area contributed by atoms with Crippen LogP contribution in [0.5, 0.6) is 0 Å². The van der Waals surface area contributed by atoms with Crippen LogP contribution in [0.1, 0.15) is 63.9 Å². The molecule has 3 heterocycles. The van der Waals surface area contributed by atoms with Crippen molar-refractivity contribution in [2.45, 2.75) is 71.5 Å². The van der Waals surface area contributed by atoms with Gasteiger partial charge in [0.15, 0.2) is 5.58 Å². The van der Waals surface area contributed by atoms with Crippen LogP contribution in [0.2, 0.25) is 0 Å². The van der Waals surface area contributed by atoms with Crippen LogP contribution in [0.25, 0.3) is 11.1 Å². The van der Waals surface area contributed by atoms with Crippen molar-refractivity contribution in [3.63, 3.8) is 0 Å². The molecule has 1 atom stereocenters. The van der Waals surface area contributed by atoms with Gasteiger partial charge in [-0.25, -0.2) is 0 Å². The summed E-state index contributed by atoms with van der Waals surface area (Å²) in [6, 6.07) is 3.88. The Bertz CT molecular complexity index is 936. The second-order valence-electron chi connectivity index (χ2n) is 9.47. The highest BCUT2D eigenvalue weighted by molar-refractivity contribution is 6.02. The zero-order valence-corrected chi connectivity index (χ0v) is 19.3. The summed E-state index contributed by atoms with van der Waals surface area (Å²) in [4.78, 5) is 31.3. The maximum atomic E-state index is 13.7. The lowest BCUT2D eigenvalue weighted by molar-refractivity contribution is -0.134. The molecular formula is C24H36N4O3. The maximum Gasteiger partial charge on any atom is 0.271 e. The lowest BCUT2D eigenvalue weighted by Gasteiger charge is -2.45. The number of carbonyl (C=O) groups is 2. The number of carbonyl (C=O) groups excluding carboxylic acids is 2. The first-order chi connectivity index (χ1) is 14.9. The van der Waals surface area contributed by atoms with Gasteiger partial charge >= 0.3 is 0 Å². The highest BCUT2D eigenvalue weighted by Gasteiger charge is 2.48. The van der Waals surface area contributed by atoms with Gasteiger partial charge in [-0.15, -0.1) is 0 Å². The van der Waals surface area contributed by atoms with Crippen molar-refractivity contribution >= 4 is 22.9 Å². The fraction of sp³-hybridized carbons (Fsp3) is 0.667. The number of likely N-dealkylation sites (N-methyl/N-ethyl adjacent to an activating group) is 1. The Hall–Kier alpha value is -2.28. The van der Waals surface area contributed by atoms with Gasteiger partial charge in [0, 0.05) is 31.3 Å². The van der Waals surface area contributed by atoms with E-state index in [0.717, 1.165) is 56.8 Å². The first kappa shape index (κ1) is 21.9. The highest BCUT2D eigenvalue weighted by atomic mass is 16.3. The third-order valence-corrected chi connectivity index (χ3v) is 7.42. The Morgan fingerprint density at radius 2 is 1.97 bits per heavy atom. The van der Waals surface area contributed by atoms with Crippen molar-refractivity contribution in [1.29, 1.82) is 0 Å². The van der Waals surface area contributed by atoms with Gasteiger partial charge in [-0.3, -0.25) is 9.59 Å². The molecule has 2 aliphatic rings. The van der Waals surface area contributed by atoms with Crippen LogP contribution < -0.4 is 5.32 Å². The smallest absolute Gasteiger partial charge is 0.271 e. The molecule has 2 aromatic heterocycles. The molecule has 0 aromatic carbocycles. The van der Waals surface area contributed by atoms with Gasteiger partial charge in [-0.1, -0.05) is 20.8 Å². The summed E-state index contributed by atoms with van der Waals surface area (Å²) in [7, 11) is 0. The molecule has 0 spiro atoms. The number of nitrogens with zero attached hydrogens (tertiary/aromatic N) is 3. The average Bonchev–Trinajstić information content (AvgIpc) is 3.35. The minimum absolute atomic E-state index is 0.0454. The van der Waals surface area contributed by atoms with E-state index in [-0.39, 0.29) is 17.9 Å². The number of furan rings is 1. The van der Waals surface area contributed by atoms with Crippen LogP contribution in [-0.2, 0) is 11.3 Å². The molecule has 2 aromatic rings. The van der Waals surface area contributed by atoms with Crippen molar-refractivity contribution in [1.82, 2.24) is 19.7 Å². The average molecular weight is 429 g/mol. The number of hydrogen-bond donors (Lipinski definition) is 1. The van der Waals surface area contributed by atoms with Gasteiger partial charge in [0.05, 0.1) is 18.3 Å². The molecule has 1 unspecified atom stereocenters. The molecular weight excluding hydrogens is 392 g/mol. The van der Waals surface area contributed by atoms with Crippen LogP contribution in [0.4, 0.5) is 0 Å². The molecule has 1 fully saturated rings. The van der Waals surface area contributed by atoms with E-state index in [1.807, 2.05) is 23.6 Å². The maximum absolute atomic E-state index is 13.7. The summed E-state index contributed by atoms with van der Waals surface area (Å²) in [5, 5.41) is 3.30. The quantitative estimate of drug-likeness (QED) is 0.733. The molecule has 1 saturated carbocycles. The van der Waals surface area contributed by atoms with Crippen molar-refractivity contribution in [3.05, 3.63) is 24.1 Å². The van der Waals surface area contributed by atoms with E-state index in [0.29, 0.717) is 24.4 Å². The zero-order valence-electron chi connectivity index (χ0n) is 19.3. The van der Waals surface area contributed by atoms with E-state index in [9.17, 15) is 9.59 Å². The number of hydrogen-bond acceptors (Lipinski definition) is 4. The summed E-state index contributed by atoms with van der Waals surface area (Å²) in [5.74, 6) is 0.582. The number of nitrogens with one attached hydrogen (secondary N) is 1. The first-order valence-corrected chi connectivity index (χ1v) is 11.8. The molecule has 0 saturated heterocycles. The number of fused-ring (bicyclic) bond motifs is 3. The molecule has 0 bridgehead atoms. The predicted octanol–water partition coefficient (Wildman–Crippen LogP) is 3.49. The molecule has 0 radical (unpaired) electrons. The minimum atomic E-state index is -0.941.